The molecule has 2 heterocycles. The lowest BCUT2D eigenvalue weighted by atomic mass is 9.79. The van der Waals surface area contributed by atoms with Crippen molar-refractivity contribution in [1.29, 1.82) is 0 Å². The molecule has 2 saturated heterocycles. The Morgan fingerprint density at radius 1 is 1.50 bits per heavy atom. The third kappa shape index (κ3) is 2.92. The van der Waals surface area contributed by atoms with Gasteiger partial charge in [0.2, 0.25) is 0 Å². The van der Waals surface area contributed by atoms with Gasteiger partial charge in [0, 0.05) is 13.7 Å². The van der Waals surface area contributed by atoms with Gasteiger partial charge in [-0.05, 0) is 43.1 Å². The Kier molecular flexibility index (Phi) is 4.53. The van der Waals surface area contributed by atoms with Crippen LogP contribution in [0.4, 0.5) is 0 Å². The van der Waals surface area contributed by atoms with E-state index < -0.39 is 0 Å². The molecule has 4 heteroatoms. The minimum absolute atomic E-state index is 0.0723. The number of aliphatic hydroxyl groups excluding tert-OH is 1. The maximum Gasteiger partial charge on any atom is 0.0803 e. The molecule has 94 valence electrons. The van der Waals surface area contributed by atoms with Gasteiger partial charge >= 0.3 is 0 Å². The van der Waals surface area contributed by atoms with Crippen molar-refractivity contribution in [2.24, 2.45) is 5.92 Å². The fourth-order valence-electron chi connectivity index (χ4n) is 2.79. The zero-order chi connectivity index (χ0) is 11.4. The second-order valence-corrected chi connectivity index (χ2v) is 6.14. The topological polar surface area (TPSA) is 38.7 Å². The molecule has 0 aromatic carbocycles. The summed E-state index contributed by atoms with van der Waals surface area (Å²) in [6.45, 7) is 1.26. The summed E-state index contributed by atoms with van der Waals surface area (Å²) in [6.07, 6.45) is 3.96. The first-order valence-corrected chi connectivity index (χ1v) is 7.30. The van der Waals surface area contributed by atoms with Gasteiger partial charge in [0.1, 0.15) is 0 Å². The SMILES string of the molecule is COCC(O)C1CCOC2(CCSCC2)C1. The second kappa shape index (κ2) is 5.71. The van der Waals surface area contributed by atoms with Crippen LogP contribution in [0.2, 0.25) is 0 Å². The van der Waals surface area contributed by atoms with Crippen molar-refractivity contribution in [3.8, 4) is 0 Å². The van der Waals surface area contributed by atoms with E-state index in [1.165, 1.54) is 11.5 Å². The number of hydrogen-bond donors (Lipinski definition) is 1. The van der Waals surface area contributed by atoms with Gasteiger partial charge in [-0.1, -0.05) is 0 Å². The van der Waals surface area contributed by atoms with Crippen molar-refractivity contribution >= 4 is 11.8 Å². The molecule has 2 rings (SSSR count). The van der Waals surface area contributed by atoms with Crippen LogP contribution < -0.4 is 0 Å². The first kappa shape index (κ1) is 12.7. The molecule has 1 N–H and O–H groups in total. The summed E-state index contributed by atoms with van der Waals surface area (Å²) < 4.78 is 11.0. The number of thioether (sulfide) groups is 1. The highest BCUT2D eigenvalue weighted by molar-refractivity contribution is 7.99. The van der Waals surface area contributed by atoms with Crippen molar-refractivity contribution in [1.82, 2.24) is 0 Å². The summed E-state index contributed by atoms with van der Waals surface area (Å²) in [7, 11) is 1.65. The van der Waals surface area contributed by atoms with E-state index >= 15 is 0 Å². The minimum atomic E-state index is -0.319. The van der Waals surface area contributed by atoms with Gasteiger partial charge in [0.15, 0.2) is 0 Å². The van der Waals surface area contributed by atoms with Crippen LogP contribution in [0.25, 0.3) is 0 Å². The molecule has 16 heavy (non-hydrogen) atoms. The summed E-state index contributed by atoms with van der Waals surface area (Å²) in [5, 5.41) is 10.0. The van der Waals surface area contributed by atoms with E-state index in [4.69, 9.17) is 9.47 Å². The fourth-order valence-corrected chi connectivity index (χ4v) is 4.03. The minimum Gasteiger partial charge on any atom is -0.390 e. The van der Waals surface area contributed by atoms with Crippen molar-refractivity contribution < 1.29 is 14.6 Å². The van der Waals surface area contributed by atoms with E-state index in [0.29, 0.717) is 12.5 Å². The Morgan fingerprint density at radius 2 is 2.25 bits per heavy atom. The summed E-state index contributed by atoms with van der Waals surface area (Å²) in [5.74, 6) is 2.76. The van der Waals surface area contributed by atoms with Crippen LogP contribution in [-0.2, 0) is 9.47 Å². The number of methoxy groups -OCH3 is 1. The molecule has 1 spiro atoms. The predicted octanol–water partition coefficient (Wildman–Crippen LogP) is 1.69. The van der Waals surface area contributed by atoms with Crippen LogP contribution in [0.15, 0.2) is 0 Å². The van der Waals surface area contributed by atoms with Crippen LogP contribution in [0.1, 0.15) is 25.7 Å². The molecule has 0 radical (unpaired) electrons. The van der Waals surface area contributed by atoms with Crippen molar-refractivity contribution in [3.05, 3.63) is 0 Å². The van der Waals surface area contributed by atoms with Crippen molar-refractivity contribution in [3.63, 3.8) is 0 Å². The van der Waals surface area contributed by atoms with E-state index in [1.54, 1.807) is 7.11 Å². The summed E-state index contributed by atoms with van der Waals surface area (Å²) in [6, 6.07) is 0. The Hall–Kier alpha value is 0.230. The lowest BCUT2D eigenvalue weighted by Crippen LogP contribution is -2.46. The Morgan fingerprint density at radius 3 is 2.94 bits per heavy atom. The van der Waals surface area contributed by atoms with Gasteiger partial charge in [-0.2, -0.15) is 11.8 Å². The van der Waals surface area contributed by atoms with Crippen LogP contribution in [-0.4, -0.2) is 48.6 Å². The normalized spacial score (nSPS) is 31.5. The molecule has 0 saturated carbocycles. The third-order valence-electron chi connectivity index (χ3n) is 3.82. The van der Waals surface area contributed by atoms with E-state index in [-0.39, 0.29) is 11.7 Å². The largest absolute Gasteiger partial charge is 0.390 e. The first-order chi connectivity index (χ1) is 7.76. The van der Waals surface area contributed by atoms with E-state index in [1.807, 2.05) is 11.8 Å². The smallest absolute Gasteiger partial charge is 0.0803 e. The van der Waals surface area contributed by atoms with Gasteiger partial charge in [0.25, 0.3) is 0 Å². The van der Waals surface area contributed by atoms with Crippen LogP contribution in [0.3, 0.4) is 0 Å². The predicted molar refractivity (Wildman–Crippen MR) is 65.8 cm³/mol. The third-order valence-corrected chi connectivity index (χ3v) is 4.80. The molecule has 0 bridgehead atoms. The maximum absolute atomic E-state index is 10.0. The first-order valence-electron chi connectivity index (χ1n) is 6.14. The number of aliphatic hydroxyl groups is 1. The molecule has 2 atom stereocenters. The number of ether oxygens (including phenoxy) is 2. The van der Waals surface area contributed by atoms with E-state index in [9.17, 15) is 5.11 Å². The van der Waals surface area contributed by atoms with E-state index in [0.717, 1.165) is 32.3 Å². The van der Waals surface area contributed by atoms with Crippen LogP contribution in [0, 0.1) is 5.92 Å². The van der Waals surface area contributed by atoms with Crippen molar-refractivity contribution in [2.45, 2.75) is 37.4 Å². The molecule has 0 aromatic heterocycles. The Balaban J connectivity index is 1.92. The number of hydrogen-bond acceptors (Lipinski definition) is 4. The highest BCUT2D eigenvalue weighted by Crippen LogP contribution is 2.40. The van der Waals surface area contributed by atoms with Crippen LogP contribution in [0.5, 0.6) is 0 Å². The Labute approximate surface area is 102 Å². The molecule has 2 aliphatic rings. The van der Waals surface area contributed by atoms with Crippen LogP contribution >= 0.6 is 11.8 Å². The zero-order valence-electron chi connectivity index (χ0n) is 9.98. The zero-order valence-corrected chi connectivity index (χ0v) is 10.8. The average Bonchev–Trinajstić information content (AvgIpc) is 2.30. The maximum atomic E-state index is 10.0. The highest BCUT2D eigenvalue weighted by Gasteiger charge is 2.40. The molecule has 0 aromatic rings. The monoisotopic (exact) mass is 246 g/mol. The molecule has 0 aliphatic carbocycles. The molecular formula is C12H22O3S. The summed E-state index contributed by atoms with van der Waals surface area (Å²) >= 11 is 2.02. The molecule has 2 aliphatic heterocycles. The molecule has 2 fully saturated rings. The molecule has 3 nitrogen and oxygen atoms in total. The van der Waals surface area contributed by atoms with Gasteiger partial charge in [-0.15, -0.1) is 0 Å². The summed E-state index contributed by atoms with van der Waals surface area (Å²) in [5.41, 5.74) is 0.0723. The molecule has 0 amide bonds. The Bertz CT molecular complexity index is 211. The lowest BCUT2D eigenvalue weighted by Gasteiger charge is -2.44. The fraction of sp³-hybridized carbons (Fsp3) is 1.00. The lowest BCUT2D eigenvalue weighted by molar-refractivity contribution is -0.126. The molecule has 2 unspecified atom stereocenters. The standard InChI is InChI=1S/C12H22O3S/c1-14-9-11(13)10-2-5-15-12(8-10)3-6-16-7-4-12/h10-11,13H,2-9H2,1H3. The van der Waals surface area contributed by atoms with Gasteiger partial charge in [-0.25, -0.2) is 0 Å². The highest BCUT2D eigenvalue weighted by atomic mass is 32.2. The van der Waals surface area contributed by atoms with E-state index in [2.05, 4.69) is 0 Å². The summed E-state index contributed by atoms with van der Waals surface area (Å²) in [4.78, 5) is 0. The van der Waals surface area contributed by atoms with Crippen molar-refractivity contribution in [2.75, 3.05) is 31.8 Å². The number of rotatable bonds is 3. The average molecular weight is 246 g/mol. The second-order valence-electron chi connectivity index (χ2n) is 4.92. The quantitative estimate of drug-likeness (QED) is 0.822. The van der Waals surface area contributed by atoms with Gasteiger partial charge in [-0.3, -0.25) is 0 Å². The molecular weight excluding hydrogens is 224 g/mol. The van der Waals surface area contributed by atoms with Gasteiger partial charge in [0.05, 0.1) is 18.3 Å². The van der Waals surface area contributed by atoms with Gasteiger partial charge < -0.3 is 14.6 Å².